The van der Waals surface area contributed by atoms with Gasteiger partial charge in [-0.2, -0.15) is 0 Å². The number of thiophene rings is 1. The molecule has 1 saturated heterocycles. The Kier molecular flexibility index (Phi) is 5.63. The summed E-state index contributed by atoms with van der Waals surface area (Å²) in [5.74, 6) is 0.0779. The number of amides is 1. The molecule has 0 aliphatic carbocycles. The van der Waals surface area contributed by atoms with Crippen LogP contribution >= 0.6 is 11.3 Å². The van der Waals surface area contributed by atoms with Crippen molar-refractivity contribution in [1.29, 1.82) is 0 Å². The molecule has 1 aromatic heterocycles. The Morgan fingerprint density at radius 2 is 1.96 bits per heavy atom. The maximum atomic E-state index is 12.9. The van der Waals surface area contributed by atoms with E-state index in [0.717, 1.165) is 16.0 Å². The van der Waals surface area contributed by atoms with Crippen LogP contribution in [-0.4, -0.2) is 36.8 Å². The number of nitrogens with zero attached hydrogens (tertiary/aromatic N) is 1. The highest BCUT2D eigenvalue weighted by atomic mass is 32.2. The number of sulfone groups is 1. The number of rotatable bonds is 5. The average Bonchev–Trinajstić information content (AvgIpc) is 3.16. The maximum Gasteiger partial charge on any atom is 0.247 e. The Balaban J connectivity index is 1.81. The molecular formula is C20H23NO3S2. The van der Waals surface area contributed by atoms with Crippen LogP contribution < -0.4 is 0 Å². The SMILES string of the molecule is Cc1ccc(/C=C/C(=O)N(Cc2sccc2C)[C@H]2CCS(=O)(=O)C2)cc1. The molecule has 1 aliphatic heterocycles. The van der Waals surface area contributed by atoms with Crippen molar-refractivity contribution >= 4 is 33.2 Å². The number of aryl methyl sites for hydroxylation is 2. The minimum atomic E-state index is -3.05. The predicted molar refractivity (Wildman–Crippen MR) is 107 cm³/mol. The lowest BCUT2D eigenvalue weighted by molar-refractivity contribution is -0.128. The Bertz CT molecular complexity index is 911. The van der Waals surface area contributed by atoms with Crippen LogP contribution in [0.25, 0.3) is 6.08 Å². The van der Waals surface area contributed by atoms with Gasteiger partial charge in [0.25, 0.3) is 0 Å². The second-order valence-electron chi connectivity index (χ2n) is 6.79. The molecule has 0 unspecified atom stereocenters. The number of hydrogen-bond acceptors (Lipinski definition) is 4. The molecule has 2 aromatic rings. The lowest BCUT2D eigenvalue weighted by Crippen LogP contribution is -2.39. The average molecular weight is 390 g/mol. The Labute approximate surface area is 159 Å². The summed E-state index contributed by atoms with van der Waals surface area (Å²) in [6.45, 7) is 4.49. The van der Waals surface area contributed by atoms with Crippen LogP contribution in [0.3, 0.4) is 0 Å². The molecule has 0 radical (unpaired) electrons. The number of benzene rings is 1. The van der Waals surface area contributed by atoms with Crippen molar-refractivity contribution in [3.05, 3.63) is 63.4 Å². The third-order valence-electron chi connectivity index (χ3n) is 4.71. The number of hydrogen-bond donors (Lipinski definition) is 0. The first kappa shape index (κ1) is 18.9. The zero-order valence-electron chi connectivity index (χ0n) is 15.0. The fraction of sp³-hybridized carbons (Fsp3) is 0.350. The van der Waals surface area contributed by atoms with Gasteiger partial charge in [-0.05, 0) is 48.9 Å². The van der Waals surface area contributed by atoms with Crippen molar-refractivity contribution in [3.8, 4) is 0 Å². The van der Waals surface area contributed by atoms with Gasteiger partial charge in [-0.3, -0.25) is 4.79 Å². The Morgan fingerprint density at radius 1 is 1.23 bits per heavy atom. The maximum absolute atomic E-state index is 12.9. The molecule has 0 spiro atoms. The zero-order valence-corrected chi connectivity index (χ0v) is 16.6. The van der Waals surface area contributed by atoms with Crippen LogP contribution in [0.5, 0.6) is 0 Å². The van der Waals surface area contributed by atoms with Gasteiger partial charge < -0.3 is 4.90 Å². The van der Waals surface area contributed by atoms with E-state index in [0.29, 0.717) is 13.0 Å². The van der Waals surface area contributed by atoms with Gasteiger partial charge in [0, 0.05) is 17.0 Å². The Hall–Kier alpha value is -1.92. The molecule has 0 saturated carbocycles. The molecular weight excluding hydrogens is 366 g/mol. The molecule has 26 heavy (non-hydrogen) atoms. The molecule has 1 aromatic carbocycles. The first-order valence-corrected chi connectivity index (χ1v) is 11.3. The standard InChI is InChI=1S/C20H23NO3S2/c1-15-3-5-17(6-4-15)7-8-20(22)21(13-19-16(2)9-11-25-19)18-10-12-26(23,24)14-18/h3-9,11,18H,10,12-14H2,1-2H3/b8-7+/t18-/m0/s1. The fourth-order valence-electron chi connectivity index (χ4n) is 3.07. The summed E-state index contributed by atoms with van der Waals surface area (Å²) in [6.07, 6.45) is 3.86. The first-order valence-electron chi connectivity index (χ1n) is 8.63. The Morgan fingerprint density at radius 3 is 2.54 bits per heavy atom. The highest BCUT2D eigenvalue weighted by Crippen LogP contribution is 2.24. The van der Waals surface area contributed by atoms with Crippen LogP contribution in [0.15, 0.2) is 41.8 Å². The van der Waals surface area contributed by atoms with Crippen molar-refractivity contribution in [1.82, 2.24) is 4.90 Å². The van der Waals surface area contributed by atoms with Gasteiger partial charge in [-0.25, -0.2) is 8.42 Å². The van der Waals surface area contributed by atoms with E-state index in [1.807, 2.05) is 49.6 Å². The van der Waals surface area contributed by atoms with Crippen molar-refractivity contribution in [3.63, 3.8) is 0 Å². The summed E-state index contributed by atoms with van der Waals surface area (Å²) in [5.41, 5.74) is 3.26. The van der Waals surface area contributed by atoms with E-state index < -0.39 is 9.84 Å². The summed E-state index contributed by atoms with van der Waals surface area (Å²) in [5, 5.41) is 2.00. The highest BCUT2D eigenvalue weighted by Gasteiger charge is 2.34. The van der Waals surface area contributed by atoms with Crippen LogP contribution in [0.4, 0.5) is 0 Å². The van der Waals surface area contributed by atoms with E-state index in [1.54, 1.807) is 28.4 Å². The van der Waals surface area contributed by atoms with E-state index in [9.17, 15) is 13.2 Å². The van der Waals surface area contributed by atoms with Gasteiger partial charge in [-0.1, -0.05) is 29.8 Å². The van der Waals surface area contributed by atoms with Gasteiger partial charge >= 0.3 is 0 Å². The van der Waals surface area contributed by atoms with Crippen molar-refractivity contribution in [2.45, 2.75) is 32.9 Å². The molecule has 1 atom stereocenters. The molecule has 1 amide bonds. The smallest absolute Gasteiger partial charge is 0.247 e. The molecule has 1 aliphatic rings. The number of carbonyl (C=O) groups is 1. The summed E-state index contributed by atoms with van der Waals surface area (Å²) in [6, 6.07) is 9.70. The second kappa shape index (κ2) is 7.76. The van der Waals surface area contributed by atoms with E-state index in [2.05, 4.69) is 0 Å². The minimum absolute atomic E-state index is 0.0571. The molecule has 1 fully saturated rings. The van der Waals surface area contributed by atoms with Crippen LogP contribution in [0.1, 0.15) is 28.0 Å². The van der Waals surface area contributed by atoms with Crippen molar-refractivity contribution in [2.75, 3.05) is 11.5 Å². The van der Waals surface area contributed by atoms with E-state index in [1.165, 1.54) is 5.56 Å². The molecule has 2 heterocycles. The zero-order chi connectivity index (χ0) is 18.7. The lowest BCUT2D eigenvalue weighted by Gasteiger charge is -2.27. The third kappa shape index (κ3) is 4.62. The van der Waals surface area contributed by atoms with Gasteiger partial charge in [-0.15, -0.1) is 11.3 Å². The third-order valence-corrected chi connectivity index (χ3v) is 7.47. The predicted octanol–water partition coefficient (Wildman–Crippen LogP) is 3.59. The normalized spacial score (nSPS) is 19.1. The van der Waals surface area contributed by atoms with Gasteiger partial charge in [0.1, 0.15) is 0 Å². The van der Waals surface area contributed by atoms with Crippen LogP contribution in [0, 0.1) is 13.8 Å². The summed E-state index contributed by atoms with van der Waals surface area (Å²) >= 11 is 1.60. The molecule has 138 valence electrons. The minimum Gasteiger partial charge on any atom is -0.330 e. The van der Waals surface area contributed by atoms with Gasteiger partial charge in [0.05, 0.1) is 18.1 Å². The van der Waals surface area contributed by atoms with E-state index in [-0.39, 0.29) is 23.5 Å². The molecule has 0 bridgehead atoms. The van der Waals surface area contributed by atoms with Crippen LogP contribution in [0.2, 0.25) is 0 Å². The summed E-state index contributed by atoms with van der Waals surface area (Å²) < 4.78 is 23.8. The van der Waals surface area contributed by atoms with E-state index in [4.69, 9.17) is 0 Å². The van der Waals surface area contributed by atoms with E-state index >= 15 is 0 Å². The summed E-state index contributed by atoms with van der Waals surface area (Å²) in [4.78, 5) is 15.7. The largest absolute Gasteiger partial charge is 0.330 e. The fourth-order valence-corrected chi connectivity index (χ4v) is 5.70. The second-order valence-corrected chi connectivity index (χ2v) is 10.0. The first-order chi connectivity index (χ1) is 12.3. The number of carbonyl (C=O) groups excluding carboxylic acids is 1. The van der Waals surface area contributed by atoms with Crippen molar-refractivity contribution < 1.29 is 13.2 Å². The topological polar surface area (TPSA) is 54.5 Å². The molecule has 6 heteroatoms. The van der Waals surface area contributed by atoms with Gasteiger partial charge in [0.2, 0.25) is 5.91 Å². The summed E-state index contributed by atoms with van der Waals surface area (Å²) in [7, 11) is -3.05. The monoisotopic (exact) mass is 389 g/mol. The molecule has 4 nitrogen and oxygen atoms in total. The van der Waals surface area contributed by atoms with Crippen molar-refractivity contribution in [2.24, 2.45) is 0 Å². The van der Waals surface area contributed by atoms with Gasteiger partial charge in [0.15, 0.2) is 9.84 Å². The lowest BCUT2D eigenvalue weighted by atomic mass is 10.1. The molecule has 0 N–H and O–H groups in total. The highest BCUT2D eigenvalue weighted by molar-refractivity contribution is 7.91. The quantitative estimate of drug-likeness (QED) is 0.734. The molecule has 3 rings (SSSR count). The van der Waals surface area contributed by atoms with Crippen LogP contribution in [-0.2, 0) is 21.2 Å².